The van der Waals surface area contributed by atoms with Crippen LogP contribution in [0.2, 0.25) is 0 Å². The maximum atomic E-state index is 13.0. The SMILES string of the molecule is Cc1ccc(S(=O)(=O)Nc2nc(=O)n3c(C)c(C)sc(SCC4CCCNC4)c2-3)cc1. The second-order valence-electron chi connectivity index (χ2n) is 7.90. The number of rotatable bonds is 6. The van der Waals surface area contributed by atoms with Gasteiger partial charge in [-0.1, -0.05) is 17.7 Å². The van der Waals surface area contributed by atoms with Gasteiger partial charge in [0.2, 0.25) is 0 Å². The van der Waals surface area contributed by atoms with E-state index in [0.29, 0.717) is 11.6 Å². The lowest BCUT2D eigenvalue weighted by molar-refractivity contribution is 0.410. The molecule has 0 amide bonds. The van der Waals surface area contributed by atoms with E-state index in [1.165, 1.54) is 11.0 Å². The minimum atomic E-state index is -3.86. The third kappa shape index (κ3) is 4.67. The zero-order valence-corrected chi connectivity index (χ0v) is 20.2. The van der Waals surface area contributed by atoms with Crippen LogP contribution in [0.3, 0.4) is 0 Å². The zero-order valence-electron chi connectivity index (χ0n) is 17.8. The predicted molar refractivity (Wildman–Crippen MR) is 127 cm³/mol. The average Bonchev–Trinajstić information content (AvgIpc) is 3.06. The molecular weight excluding hydrogens is 452 g/mol. The van der Waals surface area contributed by atoms with E-state index in [1.807, 2.05) is 20.8 Å². The van der Waals surface area contributed by atoms with Crippen molar-refractivity contribution in [1.29, 1.82) is 0 Å². The van der Waals surface area contributed by atoms with Crippen molar-refractivity contribution in [1.82, 2.24) is 14.9 Å². The van der Waals surface area contributed by atoms with Crippen molar-refractivity contribution in [2.24, 2.45) is 5.92 Å². The molecular formula is C21H26N4O3S3. The molecule has 166 valence electrons. The van der Waals surface area contributed by atoms with Crippen LogP contribution in [0.15, 0.2) is 38.2 Å². The van der Waals surface area contributed by atoms with Crippen LogP contribution in [0.5, 0.6) is 0 Å². The number of nitrogens with one attached hydrogen (secondary N) is 2. The summed E-state index contributed by atoms with van der Waals surface area (Å²) in [6, 6.07) is 6.59. The molecule has 1 atom stereocenters. The van der Waals surface area contributed by atoms with Gasteiger partial charge in [0.1, 0.15) is 5.69 Å². The standard InChI is InChI=1S/C21H26N4O3S3/c1-13-6-8-17(9-7-13)31(27,28)24-19-18-20(29-12-16-5-4-10-22-11-16)30-15(3)14(2)25(18)21(26)23-19/h6-9,16,22H,4-5,10-12H2,1-3H3,(H,23,24,26). The Hall–Kier alpha value is -1.88. The van der Waals surface area contributed by atoms with E-state index < -0.39 is 15.7 Å². The van der Waals surface area contributed by atoms with E-state index in [0.717, 1.165) is 45.6 Å². The highest BCUT2D eigenvalue weighted by Crippen LogP contribution is 2.39. The Labute approximate surface area is 190 Å². The molecule has 0 saturated carbocycles. The van der Waals surface area contributed by atoms with Crippen molar-refractivity contribution in [3.8, 4) is 5.69 Å². The monoisotopic (exact) mass is 478 g/mol. The highest BCUT2D eigenvalue weighted by atomic mass is 32.2. The first-order chi connectivity index (χ1) is 14.8. The van der Waals surface area contributed by atoms with Crippen molar-refractivity contribution in [3.63, 3.8) is 0 Å². The molecule has 10 heteroatoms. The summed E-state index contributed by atoms with van der Waals surface area (Å²) in [7, 11) is -3.86. The van der Waals surface area contributed by atoms with Gasteiger partial charge in [0.25, 0.3) is 10.0 Å². The van der Waals surface area contributed by atoms with Gasteiger partial charge in [-0.2, -0.15) is 4.98 Å². The highest BCUT2D eigenvalue weighted by molar-refractivity contribution is 8.01. The number of anilines is 1. The summed E-state index contributed by atoms with van der Waals surface area (Å²) >= 11 is 3.26. The summed E-state index contributed by atoms with van der Waals surface area (Å²) in [4.78, 5) is 17.9. The van der Waals surface area contributed by atoms with Crippen molar-refractivity contribution in [2.75, 3.05) is 23.6 Å². The van der Waals surface area contributed by atoms with Crippen molar-refractivity contribution < 1.29 is 8.42 Å². The topological polar surface area (TPSA) is 93.1 Å². The largest absolute Gasteiger partial charge is 0.354 e. The van der Waals surface area contributed by atoms with Crippen molar-refractivity contribution in [3.05, 3.63) is 50.9 Å². The molecule has 0 radical (unpaired) electrons. The number of benzene rings is 1. The van der Waals surface area contributed by atoms with E-state index in [-0.39, 0.29) is 10.7 Å². The fourth-order valence-electron chi connectivity index (χ4n) is 3.65. The molecule has 3 aliphatic rings. The van der Waals surface area contributed by atoms with Crippen LogP contribution < -0.4 is 15.7 Å². The quantitative estimate of drug-likeness (QED) is 0.527. The number of hydrogen-bond donors (Lipinski definition) is 2. The minimum absolute atomic E-state index is 0.0918. The normalized spacial score (nSPS) is 17.2. The fourth-order valence-corrected chi connectivity index (χ4v) is 7.27. The van der Waals surface area contributed by atoms with E-state index >= 15 is 0 Å². The second kappa shape index (κ2) is 8.93. The van der Waals surface area contributed by atoms with Crippen molar-refractivity contribution >= 4 is 38.9 Å². The Morgan fingerprint density at radius 1 is 1.26 bits per heavy atom. The first-order valence-corrected chi connectivity index (χ1v) is 13.5. The summed E-state index contributed by atoms with van der Waals surface area (Å²) in [6.45, 7) is 7.78. The molecule has 3 heterocycles. The number of imidazole rings is 1. The molecule has 1 aromatic rings. The number of nitrogens with zero attached hydrogens (tertiary/aromatic N) is 2. The summed E-state index contributed by atoms with van der Waals surface area (Å²) in [5, 5.41) is 3.43. The molecule has 0 bridgehead atoms. The maximum absolute atomic E-state index is 13.0. The van der Waals surface area contributed by atoms with E-state index in [1.54, 1.807) is 47.4 Å². The van der Waals surface area contributed by atoms with E-state index in [9.17, 15) is 13.2 Å². The van der Waals surface area contributed by atoms with Gasteiger partial charge < -0.3 is 5.32 Å². The second-order valence-corrected chi connectivity index (χ2v) is 12.1. The summed E-state index contributed by atoms with van der Waals surface area (Å²) in [5.41, 5.74) is 1.83. The Morgan fingerprint density at radius 3 is 2.68 bits per heavy atom. The van der Waals surface area contributed by atoms with Crippen LogP contribution >= 0.6 is 23.1 Å². The van der Waals surface area contributed by atoms with Crippen LogP contribution in [-0.4, -0.2) is 36.8 Å². The number of hydrogen-bond acceptors (Lipinski definition) is 7. The number of aryl methyl sites for hydroxylation is 2. The van der Waals surface area contributed by atoms with E-state index in [4.69, 9.17) is 0 Å². The van der Waals surface area contributed by atoms with Gasteiger partial charge in [0.15, 0.2) is 5.82 Å². The fraction of sp³-hybridized carbons (Fsp3) is 0.429. The number of thioether (sulfide) groups is 1. The third-order valence-corrected chi connectivity index (χ3v) is 9.57. The summed E-state index contributed by atoms with van der Waals surface area (Å²) in [6.07, 6.45) is 2.33. The number of piperidine rings is 1. The van der Waals surface area contributed by atoms with Crippen LogP contribution in [0, 0.1) is 26.7 Å². The molecule has 1 aromatic carbocycles. The first kappa shape index (κ1) is 22.3. The molecule has 2 N–H and O–H groups in total. The van der Waals surface area contributed by atoms with Gasteiger partial charge in [-0.3, -0.25) is 9.29 Å². The molecule has 0 aromatic heterocycles. The molecule has 1 saturated heterocycles. The zero-order chi connectivity index (χ0) is 22.2. The number of fused-ring (bicyclic) bond motifs is 1. The Kier molecular flexibility index (Phi) is 6.43. The lowest BCUT2D eigenvalue weighted by Gasteiger charge is -2.23. The van der Waals surface area contributed by atoms with Crippen LogP contribution in [0.25, 0.3) is 5.69 Å². The molecule has 4 rings (SSSR count). The van der Waals surface area contributed by atoms with Crippen LogP contribution in [0.4, 0.5) is 5.82 Å². The predicted octanol–water partition coefficient (Wildman–Crippen LogP) is 3.55. The molecule has 0 aliphatic carbocycles. The Morgan fingerprint density at radius 2 is 2.00 bits per heavy atom. The van der Waals surface area contributed by atoms with E-state index in [2.05, 4.69) is 15.0 Å². The average molecular weight is 479 g/mol. The smallest absolute Gasteiger partial charge is 0.316 e. The Balaban J connectivity index is 1.71. The first-order valence-electron chi connectivity index (χ1n) is 10.2. The van der Waals surface area contributed by atoms with Crippen molar-refractivity contribution in [2.45, 2.75) is 42.7 Å². The van der Waals surface area contributed by atoms with Gasteiger partial charge in [-0.15, -0.1) is 23.1 Å². The Bertz CT molecular complexity index is 1210. The molecule has 1 fully saturated rings. The van der Waals surface area contributed by atoms with Gasteiger partial charge >= 0.3 is 5.69 Å². The van der Waals surface area contributed by atoms with Gasteiger partial charge in [0, 0.05) is 16.3 Å². The molecule has 1 unspecified atom stereocenters. The molecule has 3 aliphatic heterocycles. The van der Waals surface area contributed by atoms with Crippen LogP contribution in [-0.2, 0) is 10.0 Å². The summed E-state index contributed by atoms with van der Waals surface area (Å²) in [5.74, 6) is 1.55. The number of aromatic nitrogens is 2. The minimum Gasteiger partial charge on any atom is -0.316 e. The molecule has 31 heavy (non-hydrogen) atoms. The number of sulfonamides is 1. The third-order valence-electron chi connectivity index (χ3n) is 5.54. The lowest BCUT2D eigenvalue weighted by atomic mass is 10.0. The molecule has 0 spiro atoms. The highest BCUT2D eigenvalue weighted by Gasteiger charge is 2.27. The lowest BCUT2D eigenvalue weighted by Crippen LogP contribution is -2.30. The maximum Gasteiger partial charge on any atom is 0.354 e. The molecule has 7 nitrogen and oxygen atoms in total. The summed E-state index contributed by atoms with van der Waals surface area (Å²) < 4.78 is 30.9. The van der Waals surface area contributed by atoms with Gasteiger partial charge in [-0.25, -0.2) is 13.2 Å². The van der Waals surface area contributed by atoms with Gasteiger partial charge in [0.05, 0.1) is 9.10 Å². The van der Waals surface area contributed by atoms with Crippen LogP contribution in [0.1, 0.15) is 29.0 Å². The van der Waals surface area contributed by atoms with Gasteiger partial charge in [-0.05, 0) is 64.8 Å².